The summed E-state index contributed by atoms with van der Waals surface area (Å²) in [4.78, 5) is 11.0. The van der Waals surface area contributed by atoms with Crippen LogP contribution in [0.15, 0.2) is 0 Å². The highest BCUT2D eigenvalue weighted by molar-refractivity contribution is 5.67. The van der Waals surface area contributed by atoms with Crippen molar-refractivity contribution in [2.24, 2.45) is 0 Å². The van der Waals surface area contributed by atoms with Gasteiger partial charge in [-0.15, -0.1) is 0 Å². The minimum absolute atomic E-state index is 0.185. The molecule has 25 heavy (non-hydrogen) atoms. The molecule has 1 fully saturated rings. The van der Waals surface area contributed by atoms with Gasteiger partial charge in [-0.2, -0.15) is 0 Å². The second kappa shape index (κ2) is 11.8. The lowest BCUT2D eigenvalue weighted by molar-refractivity contribution is -0.304. The standard InChI is InChI=1S/C18H34O7/c1-3-4-5-6-7-8-9-10-13(11-14(19)20)25-18-17(23)16(22)15(21)12(2)24-18/h12-13,15-18,21-23H,3-11H2,1-2H3,(H,19,20)/t12-,13?,15-,16+,17+,18-/m0/s1. The number of carboxylic acids is 1. The van der Waals surface area contributed by atoms with Gasteiger partial charge < -0.3 is 29.9 Å². The van der Waals surface area contributed by atoms with E-state index in [2.05, 4.69) is 6.92 Å². The zero-order valence-corrected chi connectivity index (χ0v) is 15.3. The second-order valence-corrected chi connectivity index (χ2v) is 6.95. The van der Waals surface area contributed by atoms with Gasteiger partial charge in [0.15, 0.2) is 6.29 Å². The number of carbonyl (C=O) groups is 1. The van der Waals surface area contributed by atoms with Crippen molar-refractivity contribution in [3.8, 4) is 0 Å². The van der Waals surface area contributed by atoms with Gasteiger partial charge in [0.25, 0.3) is 0 Å². The van der Waals surface area contributed by atoms with E-state index in [4.69, 9.17) is 14.6 Å². The average Bonchev–Trinajstić information content (AvgIpc) is 2.56. The van der Waals surface area contributed by atoms with Crippen LogP contribution >= 0.6 is 0 Å². The molecule has 0 radical (unpaired) electrons. The van der Waals surface area contributed by atoms with Crippen LogP contribution in [0.3, 0.4) is 0 Å². The Morgan fingerprint density at radius 2 is 1.60 bits per heavy atom. The summed E-state index contributed by atoms with van der Waals surface area (Å²) in [6.07, 6.45) is 1.78. The average molecular weight is 362 g/mol. The van der Waals surface area contributed by atoms with E-state index < -0.39 is 42.8 Å². The summed E-state index contributed by atoms with van der Waals surface area (Å²) in [5.41, 5.74) is 0. The molecular formula is C18H34O7. The van der Waals surface area contributed by atoms with Gasteiger partial charge in [0, 0.05) is 0 Å². The Morgan fingerprint density at radius 3 is 2.20 bits per heavy atom. The van der Waals surface area contributed by atoms with Crippen LogP contribution in [0.1, 0.15) is 71.6 Å². The van der Waals surface area contributed by atoms with Crippen LogP contribution in [0, 0.1) is 0 Å². The molecule has 1 saturated heterocycles. The van der Waals surface area contributed by atoms with Crippen molar-refractivity contribution in [3.63, 3.8) is 0 Å². The van der Waals surface area contributed by atoms with Gasteiger partial charge in [0.1, 0.15) is 18.3 Å². The van der Waals surface area contributed by atoms with Crippen LogP contribution in [0.2, 0.25) is 0 Å². The summed E-state index contributed by atoms with van der Waals surface area (Å²) in [7, 11) is 0. The third kappa shape index (κ3) is 8.00. The van der Waals surface area contributed by atoms with Gasteiger partial charge >= 0.3 is 5.97 Å². The first kappa shape index (κ1) is 22.3. The molecular weight excluding hydrogens is 328 g/mol. The van der Waals surface area contributed by atoms with Crippen LogP contribution in [0.25, 0.3) is 0 Å². The van der Waals surface area contributed by atoms with Crippen LogP contribution in [-0.4, -0.2) is 63.2 Å². The van der Waals surface area contributed by atoms with Gasteiger partial charge in [-0.1, -0.05) is 51.9 Å². The molecule has 1 rings (SSSR count). The van der Waals surface area contributed by atoms with Crippen molar-refractivity contribution >= 4 is 5.97 Å². The van der Waals surface area contributed by atoms with Crippen molar-refractivity contribution in [2.45, 2.75) is 108 Å². The Kier molecular flexibility index (Phi) is 10.5. The van der Waals surface area contributed by atoms with Crippen molar-refractivity contribution in [2.75, 3.05) is 0 Å². The van der Waals surface area contributed by atoms with Crippen molar-refractivity contribution in [1.82, 2.24) is 0 Å². The predicted molar refractivity (Wildman–Crippen MR) is 92.1 cm³/mol. The molecule has 0 aromatic rings. The minimum Gasteiger partial charge on any atom is -0.481 e. The number of aliphatic hydroxyl groups excluding tert-OH is 3. The molecule has 0 amide bonds. The molecule has 7 heteroatoms. The Morgan fingerprint density at radius 1 is 1.00 bits per heavy atom. The monoisotopic (exact) mass is 362 g/mol. The molecule has 0 spiro atoms. The summed E-state index contributed by atoms with van der Waals surface area (Å²) in [6, 6.07) is 0. The normalized spacial score (nSPS) is 31.0. The molecule has 0 bridgehead atoms. The Hall–Kier alpha value is -0.730. The SMILES string of the molecule is CCCCCCCCCC(CC(=O)O)O[C@@H]1O[C@@H](C)[C@H](O)[C@@H](O)[C@H]1O. The Labute approximate surface area is 150 Å². The van der Waals surface area contributed by atoms with E-state index in [1.807, 2.05) is 0 Å². The van der Waals surface area contributed by atoms with E-state index in [0.717, 1.165) is 19.3 Å². The molecule has 1 aliphatic heterocycles. The lowest BCUT2D eigenvalue weighted by Crippen LogP contribution is -2.58. The minimum atomic E-state index is -1.41. The first-order chi connectivity index (χ1) is 11.9. The maximum atomic E-state index is 11.0. The van der Waals surface area contributed by atoms with E-state index in [1.165, 1.54) is 25.7 Å². The smallest absolute Gasteiger partial charge is 0.305 e. The summed E-state index contributed by atoms with van der Waals surface area (Å²) in [5.74, 6) is -0.980. The summed E-state index contributed by atoms with van der Waals surface area (Å²) in [5, 5.41) is 38.6. The number of hydrogen-bond donors (Lipinski definition) is 4. The van der Waals surface area contributed by atoms with E-state index in [1.54, 1.807) is 6.92 Å². The molecule has 1 aliphatic rings. The zero-order chi connectivity index (χ0) is 18.8. The number of rotatable bonds is 12. The number of ether oxygens (including phenoxy) is 2. The lowest BCUT2D eigenvalue weighted by atomic mass is 9.99. The van der Waals surface area contributed by atoms with Crippen LogP contribution in [-0.2, 0) is 14.3 Å². The lowest BCUT2D eigenvalue weighted by Gasteiger charge is -2.40. The summed E-state index contributed by atoms with van der Waals surface area (Å²) >= 11 is 0. The highest BCUT2D eigenvalue weighted by Crippen LogP contribution is 2.25. The predicted octanol–water partition coefficient (Wildman–Crippen LogP) is 1.81. The topological polar surface area (TPSA) is 116 Å². The fourth-order valence-corrected chi connectivity index (χ4v) is 3.06. The Bertz CT molecular complexity index is 376. The zero-order valence-electron chi connectivity index (χ0n) is 15.3. The van der Waals surface area contributed by atoms with Crippen LogP contribution < -0.4 is 0 Å². The summed E-state index contributed by atoms with van der Waals surface area (Å²) < 4.78 is 11.0. The third-order valence-electron chi connectivity index (χ3n) is 4.67. The van der Waals surface area contributed by atoms with Gasteiger partial charge in [0.2, 0.25) is 0 Å². The Balaban J connectivity index is 2.43. The van der Waals surface area contributed by atoms with Crippen molar-refractivity contribution < 1.29 is 34.7 Å². The fraction of sp³-hybridized carbons (Fsp3) is 0.944. The van der Waals surface area contributed by atoms with E-state index in [0.29, 0.717) is 6.42 Å². The van der Waals surface area contributed by atoms with E-state index in [-0.39, 0.29) is 6.42 Å². The first-order valence-corrected chi connectivity index (χ1v) is 9.43. The molecule has 0 aliphatic carbocycles. The van der Waals surface area contributed by atoms with E-state index in [9.17, 15) is 20.1 Å². The van der Waals surface area contributed by atoms with Gasteiger partial charge in [-0.05, 0) is 13.3 Å². The number of hydrogen-bond acceptors (Lipinski definition) is 6. The molecule has 7 nitrogen and oxygen atoms in total. The molecule has 0 aromatic carbocycles. The van der Waals surface area contributed by atoms with Crippen LogP contribution in [0.4, 0.5) is 0 Å². The molecule has 148 valence electrons. The number of carboxylic acid groups (broad SMARTS) is 1. The second-order valence-electron chi connectivity index (χ2n) is 6.95. The number of aliphatic hydroxyl groups is 3. The molecule has 1 heterocycles. The van der Waals surface area contributed by atoms with E-state index >= 15 is 0 Å². The van der Waals surface area contributed by atoms with Crippen LogP contribution in [0.5, 0.6) is 0 Å². The highest BCUT2D eigenvalue weighted by atomic mass is 16.7. The van der Waals surface area contributed by atoms with Gasteiger partial charge in [-0.25, -0.2) is 0 Å². The third-order valence-corrected chi connectivity index (χ3v) is 4.67. The quantitative estimate of drug-likeness (QED) is 0.391. The first-order valence-electron chi connectivity index (χ1n) is 9.43. The van der Waals surface area contributed by atoms with Crippen molar-refractivity contribution in [1.29, 1.82) is 0 Å². The maximum absolute atomic E-state index is 11.0. The molecule has 6 atom stereocenters. The number of aliphatic carboxylic acids is 1. The summed E-state index contributed by atoms with van der Waals surface area (Å²) in [6.45, 7) is 3.74. The van der Waals surface area contributed by atoms with Gasteiger partial charge in [-0.3, -0.25) is 4.79 Å². The van der Waals surface area contributed by atoms with Crippen molar-refractivity contribution in [3.05, 3.63) is 0 Å². The highest BCUT2D eigenvalue weighted by Gasteiger charge is 2.43. The molecule has 0 aromatic heterocycles. The number of unbranched alkanes of at least 4 members (excludes halogenated alkanes) is 6. The largest absolute Gasteiger partial charge is 0.481 e. The molecule has 0 saturated carbocycles. The molecule has 4 N–H and O–H groups in total. The fourth-order valence-electron chi connectivity index (χ4n) is 3.06. The molecule has 1 unspecified atom stereocenters. The van der Waals surface area contributed by atoms with Gasteiger partial charge in [0.05, 0.1) is 18.6 Å². The maximum Gasteiger partial charge on any atom is 0.305 e.